The van der Waals surface area contributed by atoms with Crippen molar-refractivity contribution < 1.29 is 4.79 Å². The van der Waals surface area contributed by atoms with Crippen LogP contribution in [-0.2, 0) is 0 Å². The molecule has 24 heavy (non-hydrogen) atoms. The van der Waals surface area contributed by atoms with E-state index < -0.39 is 0 Å². The highest BCUT2D eigenvalue weighted by Crippen LogP contribution is 2.32. The smallest absolute Gasteiger partial charge is 0.251 e. The van der Waals surface area contributed by atoms with Crippen molar-refractivity contribution in [3.8, 4) is 0 Å². The Morgan fingerprint density at radius 1 is 1.29 bits per heavy atom. The zero-order valence-electron chi connectivity index (χ0n) is 13.1. The minimum absolute atomic E-state index is 0.0302. The van der Waals surface area contributed by atoms with Crippen molar-refractivity contribution in [2.24, 2.45) is 5.92 Å². The number of benzene rings is 1. The van der Waals surface area contributed by atoms with E-state index in [0.29, 0.717) is 22.7 Å². The van der Waals surface area contributed by atoms with Gasteiger partial charge in [0.25, 0.3) is 5.91 Å². The second kappa shape index (κ2) is 7.04. The molecular formula is C17H18ClN3OS2. The van der Waals surface area contributed by atoms with Gasteiger partial charge in [-0.25, -0.2) is 4.98 Å². The molecule has 3 saturated heterocycles. The topological polar surface area (TPSA) is 45.2 Å². The van der Waals surface area contributed by atoms with Gasteiger partial charge in [-0.2, -0.15) is 0 Å². The van der Waals surface area contributed by atoms with Crippen LogP contribution in [0.2, 0.25) is 5.15 Å². The summed E-state index contributed by atoms with van der Waals surface area (Å²) in [7, 11) is 0. The first-order chi connectivity index (χ1) is 11.7. The van der Waals surface area contributed by atoms with E-state index in [2.05, 4.69) is 15.2 Å². The van der Waals surface area contributed by atoms with Crippen molar-refractivity contribution in [2.75, 3.05) is 19.6 Å². The highest BCUT2D eigenvalue weighted by molar-refractivity contribution is 8.01. The summed E-state index contributed by atoms with van der Waals surface area (Å²) in [5, 5.41) is 5.57. The van der Waals surface area contributed by atoms with Gasteiger partial charge in [0.1, 0.15) is 5.15 Å². The molecule has 0 radical (unpaired) electrons. The maximum atomic E-state index is 12.5. The molecule has 4 heterocycles. The van der Waals surface area contributed by atoms with Gasteiger partial charge in [-0.15, -0.1) is 11.3 Å². The van der Waals surface area contributed by atoms with E-state index in [-0.39, 0.29) is 5.91 Å². The van der Waals surface area contributed by atoms with Gasteiger partial charge in [-0.05, 0) is 56.1 Å². The molecule has 5 rings (SSSR count). The lowest BCUT2D eigenvalue weighted by atomic mass is 9.84. The van der Waals surface area contributed by atoms with Crippen LogP contribution in [0, 0.1) is 5.92 Å². The number of thiazole rings is 1. The second-order valence-electron chi connectivity index (χ2n) is 6.28. The summed E-state index contributed by atoms with van der Waals surface area (Å²) in [5.74, 6) is 0.672. The van der Waals surface area contributed by atoms with Crippen LogP contribution in [0.1, 0.15) is 23.2 Å². The monoisotopic (exact) mass is 379 g/mol. The first kappa shape index (κ1) is 16.4. The summed E-state index contributed by atoms with van der Waals surface area (Å²) >= 11 is 8.92. The lowest BCUT2D eigenvalue weighted by Crippen LogP contribution is -2.57. The van der Waals surface area contributed by atoms with Gasteiger partial charge in [0.15, 0.2) is 4.34 Å². The molecule has 0 aliphatic carbocycles. The summed E-state index contributed by atoms with van der Waals surface area (Å²) in [6, 6.07) is 7.99. The first-order valence-electron chi connectivity index (χ1n) is 8.09. The molecule has 1 aromatic carbocycles. The number of hydrogen-bond acceptors (Lipinski definition) is 5. The molecule has 1 N–H and O–H groups in total. The van der Waals surface area contributed by atoms with Crippen LogP contribution < -0.4 is 5.32 Å². The van der Waals surface area contributed by atoms with Crippen molar-refractivity contribution >= 4 is 40.6 Å². The van der Waals surface area contributed by atoms with Crippen molar-refractivity contribution in [1.29, 1.82) is 0 Å². The van der Waals surface area contributed by atoms with Crippen LogP contribution >= 0.6 is 34.7 Å². The Labute approximate surface area is 154 Å². The molecule has 7 heteroatoms. The summed E-state index contributed by atoms with van der Waals surface area (Å²) in [6.45, 7) is 3.36. The average molecular weight is 380 g/mol. The maximum Gasteiger partial charge on any atom is 0.251 e. The zero-order chi connectivity index (χ0) is 16.5. The molecule has 1 atom stereocenters. The minimum Gasteiger partial charge on any atom is -0.348 e. The number of aromatic nitrogens is 1. The van der Waals surface area contributed by atoms with Crippen LogP contribution in [0.4, 0.5) is 0 Å². The highest BCUT2D eigenvalue weighted by Gasteiger charge is 2.34. The average Bonchev–Trinajstić information content (AvgIpc) is 3.01. The van der Waals surface area contributed by atoms with Crippen LogP contribution in [0.5, 0.6) is 0 Å². The third-order valence-corrected chi connectivity index (χ3v) is 7.02. The van der Waals surface area contributed by atoms with Gasteiger partial charge in [-0.1, -0.05) is 23.4 Å². The van der Waals surface area contributed by atoms with Gasteiger partial charge in [0, 0.05) is 28.4 Å². The number of fused-ring (bicyclic) bond motifs is 3. The van der Waals surface area contributed by atoms with Gasteiger partial charge in [0.05, 0.1) is 0 Å². The van der Waals surface area contributed by atoms with Gasteiger partial charge in [-0.3, -0.25) is 4.79 Å². The predicted molar refractivity (Wildman–Crippen MR) is 98.1 cm³/mol. The Kier molecular flexibility index (Phi) is 4.81. The third kappa shape index (κ3) is 3.61. The lowest BCUT2D eigenvalue weighted by Gasteiger charge is -2.44. The molecule has 3 aliphatic rings. The molecule has 126 valence electrons. The van der Waals surface area contributed by atoms with Gasteiger partial charge in [0.2, 0.25) is 0 Å². The molecule has 1 aromatic heterocycles. The van der Waals surface area contributed by atoms with Gasteiger partial charge >= 0.3 is 0 Å². The first-order valence-corrected chi connectivity index (χ1v) is 10.2. The largest absolute Gasteiger partial charge is 0.348 e. The highest BCUT2D eigenvalue weighted by atomic mass is 35.5. The Morgan fingerprint density at radius 2 is 2.04 bits per heavy atom. The minimum atomic E-state index is 0.0302. The Hall–Kier alpha value is -1.08. The van der Waals surface area contributed by atoms with Crippen molar-refractivity contribution in [3.63, 3.8) is 0 Å². The van der Waals surface area contributed by atoms with Crippen LogP contribution in [0.3, 0.4) is 0 Å². The van der Waals surface area contributed by atoms with Crippen LogP contribution in [0.25, 0.3) is 0 Å². The summed E-state index contributed by atoms with van der Waals surface area (Å²) < 4.78 is 0.907. The quantitative estimate of drug-likeness (QED) is 0.878. The fraction of sp³-hybridized carbons (Fsp3) is 0.412. The van der Waals surface area contributed by atoms with E-state index in [1.165, 1.54) is 37.3 Å². The molecule has 4 nitrogen and oxygen atoms in total. The number of carbonyl (C=O) groups excluding carboxylic acids is 1. The predicted octanol–water partition coefficient (Wildman–Crippen LogP) is 3.77. The zero-order valence-corrected chi connectivity index (χ0v) is 15.5. The molecule has 0 saturated carbocycles. The molecule has 1 amide bonds. The second-order valence-corrected chi connectivity index (χ2v) is 8.85. The number of piperidine rings is 3. The van der Waals surface area contributed by atoms with Crippen molar-refractivity contribution in [2.45, 2.75) is 28.1 Å². The molecule has 3 fully saturated rings. The number of nitrogens with zero attached hydrogens (tertiary/aromatic N) is 2. The molecular weight excluding hydrogens is 362 g/mol. The third-order valence-electron chi connectivity index (χ3n) is 4.75. The van der Waals surface area contributed by atoms with Crippen molar-refractivity contribution in [3.05, 3.63) is 40.4 Å². The van der Waals surface area contributed by atoms with E-state index in [4.69, 9.17) is 11.6 Å². The number of nitrogens with one attached hydrogen (secondary N) is 1. The standard InChI is InChI=1S/C17H18ClN3OS2/c18-15-10-23-17(20-15)24-13-3-1-12(2-4-13)16(22)19-14-9-21-7-5-11(14)6-8-21/h1-4,10-11,14H,5-9H2,(H,19,22). The van der Waals surface area contributed by atoms with E-state index in [1.54, 1.807) is 11.8 Å². The summed E-state index contributed by atoms with van der Waals surface area (Å²) in [5.41, 5.74) is 0.716. The fourth-order valence-corrected chi connectivity index (χ4v) is 5.40. The normalized spacial score (nSPS) is 25.6. The van der Waals surface area contributed by atoms with Crippen LogP contribution in [0.15, 0.2) is 38.9 Å². The number of rotatable bonds is 4. The molecule has 3 aliphatic heterocycles. The van der Waals surface area contributed by atoms with Crippen LogP contribution in [-0.4, -0.2) is 41.5 Å². The fourth-order valence-electron chi connectivity index (χ4n) is 3.44. The van der Waals surface area contributed by atoms with Gasteiger partial charge < -0.3 is 10.2 Å². The van der Waals surface area contributed by atoms with E-state index >= 15 is 0 Å². The number of halogens is 1. The summed E-state index contributed by atoms with van der Waals surface area (Å²) in [4.78, 5) is 20.2. The van der Waals surface area contributed by atoms with E-state index in [1.807, 2.05) is 29.6 Å². The number of carbonyl (C=O) groups is 1. The van der Waals surface area contributed by atoms with Crippen molar-refractivity contribution in [1.82, 2.24) is 15.2 Å². The lowest BCUT2D eigenvalue weighted by molar-refractivity contribution is 0.0620. The Balaban J connectivity index is 1.38. The molecule has 2 aromatic rings. The SMILES string of the molecule is O=C(NC1CN2CCC1CC2)c1ccc(Sc2nc(Cl)cs2)cc1. The maximum absolute atomic E-state index is 12.5. The summed E-state index contributed by atoms with van der Waals surface area (Å²) in [6.07, 6.45) is 2.41. The molecule has 0 spiro atoms. The number of amides is 1. The number of hydrogen-bond donors (Lipinski definition) is 1. The van der Waals surface area contributed by atoms with E-state index in [0.717, 1.165) is 15.8 Å². The Bertz CT molecular complexity index is 726. The Morgan fingerprint density at radius 3 is 2.62 bits per heavy atom. The molecule has 1 unspecified atom stereocenters. The molecule has 2 bridgehead atoms. The van der Waals surface area contributed by atoms with E-state index in [9.17, 15) is 4.79 Å².